The van der Waals surface area contributed by atoms with Gasteiger partial charge >= 0.3 is 11.9 Å². The molecule has 0 aromatic rings. The topological polar surface area (TPSA) is 63.6 Å². The third-order valence-corrected chi connectivity index (χ3v) is 3.57. The van der Waals surface area contributed by atoms with Gasteiger partial charge in [-0.15, -0.1) is 0 Å². The van der Waals surface area contributed by atoms with E-state index in [-0.39, 0.29) is 6.42 Å². The zero-order valence-corrected chi connectivity index (χ0v) is 16.7. The summed E-state index contributed by atoms with van der Waals surface area (Å²) >= 11 is 0. The van der Waals surface area contributed by atoms with Gasteiger partial charge in [-0.1, -0.05) is 67.7 Å². The van der Waals surface area contributed by atoms with Crippen LogP contribution in [0.25, 0.3) is 0 Å². The zero-order valence-electron chi connectivity index (χ0n) is 16.7. The Bertz CT molecular complexity index is 539. The Morgan fingerprint density at radius 2 is 1.26 bits per heavy atom. The smallest absolute Gasteiger partial charge is 0.344 e. The van der Waals surface area contributed by atoms with Crippen molar-refractivity contribution in [3.63, 3.8) is 0 Å². The maximum atomic E-state index is 11.4. The molecule has 4 nitrogen and oxygen atoms in total. The first-order valence-corrected chi connectivity index (χ1v) is 9.75. The first-order valence-electron chi connectivity index (χ1n) is 9.75. The van der Waals surface area contributed by atoms with Crippen LogP contribution in [0.4, 0.5) is 0 Å². The number of hydrogen-bond donors (Lipinski definition) is 1. The number of carbonyl (C=O) groups is 2. The van der Waals surface area contributed by atoms with Crippen molar-refractivity contribution in [1.29, 1.82) is 0 Å². The van der Waals surface area contributed by atoms with Crippen LogP contribution >= 0.6 is 0 Å². The largest absolute Gasteiger partial charge is 0.479 e. The Morgan fingerprint density at radius 1 is 0.815 bits per heavy atom. The zero-order chi connectivity index (χ0) is 20.2. The summed E-state index contributed by atoms with van der Waals surface area (Å²) in [5.74, 6) is -1.58. The fourth-order valence-corrected chi connectivity index (χ4v) is 2.04. The number of hydrogen-bond acceptors (Lipinski definition) is 3. The molecule has 150 valence electrons. The molecule has 0 aliphatic rings. The van der Waals surface area contributed by atoms with Crippen molar-refractivity contribution < 1.29 is 19.4 Å². The molecule has 0 radical (unpaired) electrons. The van der Waals surface area contributed by atoms with E-state index in [1.807, 2.05) is 6.08 Å². The average molecular weight is 375 g/mol. The van der Waals surface area contributed by atoms with Crippen LogP contribution in [0, 0.1) is 0 Å². The van der Waals surface area contributed by atoms with E-state index in [0.29, 0.717) is 6.42 Å². The summed E-state index contributed by atoms with van der Waals surface area (Å²) in [6.45, 7) is 3.49. The van der Waals surface area contributed by atoms with Gasteiger partial charge in [-0.25, -0.2) is 4.79 Å². The summed E-state index contributed by atoms with van der Waals surface area (Å²) in [5.41, 5.74) is 0. The van der Waals surface area contributed by atoms with Gasteiger partial charge < -0.3 is 9.84 Å². The number of carboxylic acid groups (broad SMARTS) is 1. The second-order valence-corrected chi connectivity index (χ2v) is 6.07. The minimum Gasteiger partial charge on any atom is -0.479 e. The molecule has 0 aliphatic carbocycles. The third kappa shape index (κ3) is 18.2. The quantitative estimate of drug-likeness (QED) is 0.219. The van der Waals surface area contributed by atoms with Crippen LogP contribution in [0.5, 0.6) is 0 Å². The second-order valence-electron chi connectivity index (χ2n) is 6.07. The average Bonchev–Trinajstić information content (AvgIpc) is 2.64. The molecule has 27 heavy (non-hydrogen) atoms. The molecular weight excluding hydrogens is 340 g/mol. The summed E-state index contributed by atoms with van der Waals surface area (Å²) in [7, 11) is 0. The van der Waals surface area contributed by atoms with E-state index in [1.165, 1.54) is 6.92 Å². The lowest BCUT2D eigenvalue weighted by Crippen LogP contribution is -2.23. The van der Waals surface area contributed by atoms with E-state index in [4.69, 9.17) is 9.84 Å². The van der Waals surface area contributed by atoms with Crippen LogP contribution in [-0.4, -0.2) is 23.1 Å². The van der Waals surface area contributed by atoms with Gasteiger partial charge in [0.05, 0.1) is 0 Å². The van der Waals surface area contributed by atoms with E-state index >= 15 is 0 Å². The lowest BCUT2D eigenvalue weighted by molar-refractivity contribution is -0.162. The van der Waals surface area contributed by atoms with Crippen molar-refractivity contribution in [2.45, 2.75) is 71.3 Å². The van der Waals surface area contributed by atoms with Crippen molar-refractivity contribution in [3.05, 3.63) is 60.8 Å². The number of unbranched alkanes of at least 4 members (excludes halogenated alkanes) is 1. The fourth-order valence-electron chi connectivity index (χ4n) is 2.04. The van der Waals surface area contributed by atoms with Crippen LogP contribution in [0.15, 0.2) is 60.8 Å². The van der Waals surface area contributed by atoms with Crippen LogP contribution in [0.1, 0.15) is 65.2 Å². The first-order chi connectivity index (χ1) is 13.1. The second kappa shape index (κ2) is 18.4. The number of esters is 1. The lowest BCUT2D eigenvalue weighted by Gasteiger charge is -2.07. The molecular formula is C23H34O4. The van der Waals surface area contributed by atoms with Crippen LogP contribution in [0.2, 0.25) is 0 Å². The standard InChI is InChI=1S/C23H34O4/c1-3-4-5-6-7-8-9-10-11-12-13-14-15-16-17-18-19-20-22(24)27-21(2)23(25)26/h4-5,7-8,10-11,13-14,16-17,21H,3,6,9,12,15,18-20H2,1-2H3,(H,25,26)/b5-4-,8-7-,11-10-,14-13-,17-16-. The number of carboxylic acids is 1. The SMILES string of the molecule is CC/C=C\C/C=C\C/C=C\C/C=C\C/C=C\CCCC(=O)OC(C)C(=O)O. The Balaban J connectivity index is 3.60. The van der Waals surface area contributed by atoms with E-state index in [1.54, 1.807) is 0 Å². The first kappa shape index (κ1) is 24.6. The lowest BCUT2D eigenvalue weighted by atomic mass is 10.2. The van der Waals surface area contributed by atoms with E-state index in [9.17, 15) is 9.59 Å². The maximum absolute atomic E-state index is 11.4. The number of rotatable bonds is 15. The molecule has 0 saturated carbocycles. The summed E-state index contributed by atoms with van der Waals surface area (Å²) in [6, 6.07) is 0. The maximum Gasteiger partial charge on any atom is 0.344 e. The highest BCUT2D eigenvalue weighted by atomic mass is 16.6. The minimum absolute atomic E-state index is 0.242. The van der Waals surface area contributed by atoms with Gasteiger partial charge in [-0.05, 0) is 51.9 Å². The summed E-state index contributed by atoms with van der Waals surface area (Å²) in [6.07, 6.45) is 26.9. The highest BCUT2D eigenvalue weighted by molar-refractivity contribution is 5.77. The van der Waals surface area contributed by atoms with Gasteiger partial charge in [0.2, 0.25) is 0 Å². The molecule has 0 aromatic heterocycles. The van der Waals surface area contributed by atoms with Crippen LogP contribution in [0.3, 0.4) is 0 Å². The normalized spacial score (nSPS) is 13.6. The predicted octanol–water partition coefficient (Wildman–Crippen LogP) is 5.92. The highest BCUT2D eigenvalue weighted by Crippen LogP contribution is 2.03. The number of ether oxygens (including phenoxy) is 1. The number of aliphatic carboxylic acids is 1. The molecule has 0 amide bonds. The summed E-state index contributed by atoms with van der Waals surface area (Å²) in [4.78, 5) is 21.9. The minimum atomic E-state index is -1.12. The van der Waals surface area contributed by atoms with Gasteiger partial charge in [0, 0.05) is 6.42 Å². The molecule has 0 fully saturated rings. The monoisotopic (exact) mass is 374 g/mol. The Kier molecular flexibility index (Phi) is 16.8. The molecule has 1 atom stereocenters. The van der Waals surface area contributed by atoms with Gasteiger partial charge in [0.25, 0.3) is 0 Å². The van der Waals surface area contributed by atoms with E-state index in [2.05, 4.69) is 61.6 Å². The third-order valence-electron chi connectivity index (χ3n) is 3.57. The Morgan fingerprint density at radius 3 is 1.70 bits per heavy atom. The number of allylic oxidation sites excluding steroid dienone is 10. The van der Waals surface area contributed by atoms with Crippen molar-refractivity contribution in [1.82, 2.24) is 0 Å². The van der Waals surface area contributed by atoms with E-state index < -0.39 is 18.0 Å². The predicted molar refractivity (Wildman–Crippen MR) is 111 cm³/mol. The Labute approximate surface area is 164 Å². The Hall–Kier alpha value is -2.36. The molecule has 0 spiro atoms. The van der Waals surface area contributed by atoms with Crippen molar-refractivity contribution in [2.24, 2.45) is 0 Å². The van der Waals surface area contributed by atoms with Crippen molar-refractivity contribution in [3.8, 4) is 0 Å². The molecule has 0 bridgehead atoms. The van der Waals surface area contributed by atoms with Crippen LogP contribution in [-0.2, 0) is 14.3 Å². The molecule has 1 unspecified atom stereocenters. The molecule has 4 heteroatoms. The number of carbonyl (C=O) groups excluding carboxylic acids is 1. The molecule has 0 aromatic carbocycles. The molecule has 0 heterocycles. The van der Waals surface area contributed by atoms with Gasteiger partial charge in [0.15, 0.2) is 6.10 Å². The molecule has 1 N–H and O–H groups in total. The summed E-state index contributed by atoms with van der Waals surface area (Å²) in [5, 5.41) is 8.65. The highest BCUT2D eigenvalue weighted by Gasteiger charge is 2.15. The van der Waals surface area contributed by atoms with E-state index in [0.717, 1.165) is 38.5 Å². The molecule has 0 aliphatic heterocycles. The summed E-state index contributed by atoms with van der Waals surface area (Å²) < 4.78 is 4.75. The van der Waals surface area contributed by atoms with Crippen molar-refractivity contribution >= 4 is 11.9 Å². The van der Waals surface area contributed by atoms with Crippen LogP contribution < -0.4 is 0 Å². The molecule has 0 saturated heterocycles. The van der Waals surface area contributed by atoms with Gasteiger partial charge in [-0.2, -0.15) is 0 Å². The van der Waals surface area contributed by atoms with Crippen molar-refractivity contribution in [2.75, 3.05) is 0 Å². The molecule has 0 rings (SSSR count). The van der Waals surface area contributed by atoms with Gasteiger partial charge in [-0.3, -0.25) is 4.79 Å². The van der Waals surface area contributed by atoms with Gasteiger partial charge in [0.1, 0.15) is 0 Å². The fraction of sp³-hybridized carbons (Fsp3) is 0.478.